The number of fused-ring (bicyclic) bond motifs is 2. The molecule has 0 amide bonds. The van der Waals surface area contributed by atoms with Gasteiger partial charge < -0.3 is 29.2 Å². The minimum Gasteiger partial charge on any atom is -0.493 e. The fraction of sp³-hybridized carbons (Fsp3) is 0.310. The number of rotatable bonds is 16. The third-order valence-electron chi connectivity index (χ3n) is 6.09. The number of ether oxygens (including phenoxy) is 4. The van der Waals surface area contributed by atoms with Crippen LogP contribution in [0.1, 0.15) is 51.4 Å². The van der Waals surface area contributed by atoms with Gasteiger partial charge in [-0.3, -0.25) is 19.2 Å². The van der Waals surface area contributed by atoms with Gasteiger partial charge in [0.15, 0.2) is 34.6 Å². The second kappa shape index (κ2) is 13.5. The molecular weight excluding hydrogens is 572 g/mol. The molecule has 0 saturated heterocycles. The molecule has 0 aliphatic rings. The van der Waals surface area contributed by atoms with Crippen molar-refractivity contribution in [3.8, 4) is 23.0 Å². The molecule has 0 bridgehead atoms. The number of hydrogen-bond acceptors (Lipinski definition) is 10. The van der Waals surface area contributed by atoms with Crippen molar-refractivity contribution in [2.45, 2.75) is 32.1 Å². The van der Waals surface area contributed by atoms with Gasteiger partial charge in [-0.05, 0) is 35.0 Å². The Morgan fingerprint density at radius 3 is 1.49 bits per heavy atom. The molecule has 0 unspecified atom stereocenters. The SMILES string of the molecule is COc1cc2sc(C(=O)CCC(=O)O)cc2cc1OCCCOc1cc2sc(C(=O)CCC(=O)O)cc2cc1OC. The van der Waals surface area contributed by atoms with Gasteiger partial charge in [0.2, 0.25) is 0 Å². The van der Waals surface area contributed by atoms with Crippen LogP contribution in [0.4, 0.5) is 0 Å². The van der Waals surface area contributed by atoms with Gasteiger partial charge in [-0.25, -0.2) is 0 Å². The highest BCUT2D eigenvalue weighted by molar-refractivity contribution is 7.21. The molecule has 0 fully saturated rings. The number of aliphatic carboxylic acids is 2. The summed E-state index contributed by atoms with van der Waals surface area (Å²) in [4.78, 5) is 47.2. The molecule has 0 atom stereocenters. The quantitative estimate of drug-likeness (QED) is 0.115. The summed E-state index contributed by atoms with van der Waals surface area (Å²) in [5.41, 5.74) is 0. The molecule has 0 aliphatic carbocycles. The van der Waals surface area contributed by atoms with Gasteiger partial charge in [-0.2, -0.15) is 0 Å². The highest BCUT2D eigenvalue weighted by atomic mass is 32.1. The van der Waals surface area contributed by atoms with E-state index in [4.69, 9.17) is 29.2 Å². The lowest BCUT2D eigenvalue weighted by atomic mass is 10.1. The van der Waals surface area contributed by atoms with Crippen LogP contribution in [0.3, 0.4) is 0 Å². The molecule has 4 rings (SSSR count). The third-order valence-corrected chi connectivity index (χ3v) is 8.37. The lowest BCUT2D eigenvalue weighted by Crippen LogP contribution is -2.06. The largest absolute Gasteiger partial charge is 0.493 e. The molecule has 0 radical (unpaired) electrons. The van der Waals surface area contributed by atoms with E-state index in [-0.39, 0.29) is 37.2 Å². The monoisotopic (exact) mass is 600 g/mol. The van der Waals surface area contributed by atoms with Crippen molar-refractivity contribution in [2.24, 2.45) is 0 Å². The highest BCUT2D eigenvalue weighted by Gasteiger charge is 2.17. The Bertz CT molecular complexity index is 1480. The summed E-state index contributed by atoms with van der Waals surface area (Å²) in [6.07, 6.45) is -0.00354. The number of benzene rings is 2. The predicted molar refractivity (Wildman–Crippen MR) is 155 cm³/mol. The van der Waals surface area contributed by atoms with Gasteiger partial charge in [0.25, 0.3) is 0 Å². The molecule has 2 aromatic heterocycles. The molecule has 41 heavy (non-hydrogen) atoms. The number of methoxy groups -OCH3 is 2. The molecule has 0 saturated carbocycles. The Hall–Kier alpha value is -4.16. The van der Waals surface area contributed by atoms with Crippen LogP contribution in [0, 0.1) is 0 Å². The molecule has 0 spiro atoms. The van der Waals surface area contributed by atoms with Gasteiger partial charge in [0.1, 0.15) is 0 Å². The van der Waals surface area contributed by atoms with E-state index in [1.165, 1.54) is 36.9 Å². The summed E-state index contributed by atoms with van der Waals surface area (Å²) in [6, 6.07) is 10.6. The van der Waals surface area contributed by atoms with Gasteiger partial charge in [-0.1, -0.05) is 0 Å². The summed E-state index contributed by atoms with van der Waals surface area (Å²) in [7, 11) is 3.06. The lowest BCUT2D eigenvalue weighted by Gasteiger charge is -2.13. The van der Waals surface area contributed by atoms with E-state index < -0.39 is 11.9 Å². The summed E-state index contributed by atoms with van der Waals surface area (Å²) in [5.74, 6) is -0.400. The number of carbonyl (C=O) groups excluding carboxylic acids is 2. The second-order valence-electron chi connectivity index (χ2n) is 8.99. The highest BCUT2D eigenvalue weighted by Crippen LogP contribution is 2.38. The summed E-state index contributed by atoms with van der Waals surface area (Å²) >= 11 is 2.56. The topological polar surface area (TPSA) is 146 Å². The maximum absolute atomic E-state index is 12.3. The van der Waals surface area contributed by atoms with Crippen molar-refractivity contribution in [3.63, 3.8) is 0 Å². The van der Waals surface area contributed by atoms with Crippen molar-refractivity contribution in [3.05, 3.63) is 46.2 Å². The van der Waals surface area contributed by atoms with E-state index in [0.29, 0.717) is 52.4 Å². The molecule has 2 heterocycles. The zero-order chi connectivity index (χ0) is 29.5. The number of carboxylic acid groups (broad SMARTS) is 2. The molecular formula is C29H28O10S2. The number of carboxylic acids is 2. The first kappa shape index (κ1) is 29.8. The van der Waals surface area contributed by atoms with E-state index in [0.717, 1.165) is 20.2 Å². The van der Waals surface area contributed by atoms with E-state index in [1.54, 1.807) is 36.4 Å². The molecule has 216 valence electrons. The summed E-state index contributed by atoms with van der Waals surface area (Å²) in [6.45, 7) is 0.644. The van der Waals surface area contributed by atoms with E-state index in [1.807, 2.05) is 0 Å². The Labute approximate surface area is 243 Å². The molecule has 4 aromatic rings. The average molecular weight is 601 g/mol. The van der Waals surface area contributed by atoms with E-state index >= 15 is 0 Å². The lowest BCUT2D eigenvalue weighted by molar-refractivity contribution is -0.137. The van der Waals surface area contributed by atoms with Crippen LogP contribution < -0.4 is 18.9 Å². The van der Waals surface area contributed by atoms with Gasteiger partial charge in [0, 0.05) is 40.8 Å². The van der Waals surface area contributed by atoms with Crippen molar-refractivity contribution >= 4 is 66.4 Å². The third kappa shape index (κ3) is 7.53. The van der Waals surface area contributed by atoms with Crippen molar-refractivity contribution in [1.82, 2.24) is 0 Å². The van der Waals surface area contributed by atoms with Crippen LogP contribution in [0.25, 0.3) is 20.2 Å². The van der Waals surface area contributed by atoms with Crippen LogP contribution in [0.15, 0.2) is 36.4 Å². The molecule has 2 aromatic carbocycles. The van der Waals surface area contributed by atoms with Gasteiger partial charge >= 0.3 is 11.9 Å². The van der Waals surface area contributed by atoms with Gasteiger partial charge in [-0.15, -0.1) is 22.7 Å². The molecule has 12 heteroatoms. The van der Waals surface area contributed by atoms with Crippen LogP contribution in [0.5, 0.6) is 23.0 Å². The van der Waals surface area contributed by atoms with Crippen LogP contribution in [0.2, 0.25) is 0 Å². The molecule has 10 nitrogen and oxygen atoms in total. The minimum absolute atomic E-state index is 0.0566. The Morgan fingerprint density at radius 1 is 0.610 bits per heavy atom. The first-order valence-corrected chi connectivity index (χ1v) is 14.3. The number of carbonyl (C=O) groups is 4. The second-order valence-corrected chi connectivity index (χ2v) is 11.2. The van der Waals surface area contributed by atoms with Crippen LogP contribution in [-0.2, 0) is 9.59 Å². The number of ketones is 2. The maximum atomic E-state index is 12.3. The Balaban J connectivity index is 1.36. The molecule has 2 N–H and O–H groups in total. The van der Waals surface area contributed by atoms with Crippen LogP contribution >= 0.6 is 22.7 Å². The van der Waals surface area contributed by atoms with Crippen molar-refractivity contribution < 1.29 is 48.3 Å². The fourth-order valence-electron chi connectivity index (χ4n) is 4.02. The van der Waals surface area contributed by atoms with Gasteiger partial charge in [0.05, 0.1) is 50.0 Å². The Morgan fingerprint density at radius 2 is 1.02 bits per heavy atom. The smallest absolute Gasteiger partial charge is 0.303 e. The maximum Gasteiger partial charge on any atom is 0.303 e. The predicted octanol–water partition coefficient (Wildman–Crippen LogP) is 6.08. The number of Topliss-reactive ketones (excluding diaryl/α,β-unsaturated/α-hetero) is 2. The summed E-state index contributed by atoms with van der Waals surface area (Å²) < 4.78 is 24.5. The first-order chi connectivity index (χ1) is 19.7. The number of thiophene rings is 2. The van der Waals surface area contributed by atoms with E-state index in [9.17, 15) is 19.2 Å². The Kier molecular flexibility index (Phi) is 9.79. The van der Waals surface area contributed by atoms with Crippen molar-refractivity contribution in [2.75, 3.05) is 27.4 Å². The summed E-state index contributed by atoms with van der Waals surface area (Å²) in [5, 5.41) is 19.3. The first-order valence-electron chi connectivity index (χ1n) is 12.7. The zero-order valence-corrected chi connectivity index (χ0v) is 24.0. The normalized spacial score (nSPS) is 11.0. The van der Waals surface area contributed by atoms with Crippen LogP contribution in [-0.4, -0.2) is 61.2 Å². The zero-order valence-electron chi connectivity index (χ0n) is 22.4. The van der Waals surface area contributed by atoms with E-state index in [2.05, 4.69) is 0 Å². The molecule has 0 aliphatic heterocycles. The standard InChI is InChI=1S/C29H28O10S2/c1-36-20-10-16-12-26(18(30)4-6-28(32)33)41-25(16)15-23(20)39-9-3-8-38-22-11-17-13-27(19(31)5-7-29(34)35)40-24(17)14-21(22)37-2/h10-15H,3-9H2,1-2H3,(H,32,33)(H,34,35). The van der Waals surface area contributed by atoms with Crippen molar-refractivity contribution in [1.29, 1.82) is 0 Å². The fourth-order valence-corrected chi connectivity index (χ4v) is 6.11. The number of hydrogen-bond donors (Lipinski definition) is 2. The minimum atomic E-state index is -1.01. The average Bonchev–Trinajstić information content (AvgIpc) is 3.56.